The van der Waals surface area contributed by atoms with Gasteiger partial charge in [-0.2, -0.15) is 0 Å². The molecule has 0 unspecified atom stereocenters. The highest BCUT2D eigenvalue weighted by Crippen LogP contribution is 2.42. The van der Waals surface area contributed by atoms with E-state index < -0.39 is 0 Å². The summed E-state index contributed by atoms with van der Waals surface area (Å²) >= 11 is 6.18. The van der Waals surface area contributed by atoms with E-state index in [2.05, 4.69) is 4.98 Å². The second kappa shape index (κ2) is 7.54. The van der Waals surface area contributed by atoms with Crippen molar-refractivity contribution in [2.75, 3.05) is 21.3 Å². The molecular formula is C20H18ClNO4. The number of halogens is 1. The zero-order valence-corrected chi connectivity index (χ0v) is 15.4. The molecule has 26 heavy (non-hydrogen) atoms. The van der Waals surface area contributed by atoms with Gasteiger partial charge in [0, 0.05) is 29.1 Å². The predicted octanol–water partition coefficient (Wildman–Crippen LogP) is 4.59. The first-order chi connectivity index (χ1) is 12.6. The highest BCUT2D eigenvalue weighted by molar-refractivity contribution is 6.35. The van der Waals surface area contributed by atoms with E-state index in [0.717, 1.165) is 5.56 Å². The Morgan fingerprint density at radius 2 is 1.58 bits per heavy atom. The van der Waals surface area contributed by atoms with E-state index >= 15 is 0 Å². The topological polar surface area (TPSA) is 60.6 Å². The number of rotatable bonds is 6. The molecule has 0 radical (unpaired) electrons. The van der Waals surface area contributed by atoms with Crippen LogP contribution in [0.25, 0.3) is 11.1 Å². The number of aromatic amines is 1. The van der Waals surface area contributed by atoms with E-state index in [9.17, 15) is 4.79 Å². The van der Waals surface area contributed by atoms with Gasteiger partial charge in [0.1, 0.15) is 0 Å². The Morgan fingerprint density at radius 1 is 0.923 bits per heavy atom. The third-order valence-corrected chi connectivity index (χ3v) is 4.41. The summed E-state index contributed by atoms with van der Waals surface area (Å²) in [7, 11) is 4.64. The Balaban J connectivity index is 2.12. The molecule has 0 amide bonds. The number of aromatic nitrogens is 1. The summed E-state index contributed by atoms with van der Waals surface area (Å²) < 4.78 is 16.2. The molecule has 0 aliphatic carbocycles. The standard InChI is InChI=1S/C20H18ClNO4/c1-24-17-8-12(9-18(25-2)20(17)26-3)14-10-22-11-15(14)19(23)13-6-4-5-7-16(13)21/h4-11,22H,1-3H3. The average molecular weight is 372 g/mol. The van der Waals surface area contributed by atoms with Crippen LogP contribution in [0.15, 0.2) is 48.8 Å². The van der Waals surface area contributed by atoms with Crippen LogP contribution in [0.1, 0.15) is 15.9 Å². The molecule has 5 nitrogen and oxygen atoms in total. The van der Waals surface area contributed by atoms with Gasteiger partial charge in [0.25, 0.3) is 0 Å². The molecule has 1 aromatic heterocycles. The van der Waals surface area contributed by atoms with Gasteiger partial charge in [0.05, 0.1) is 26.4 Å². The van der Waals surface area contributed by atoms with Gasteiger partial charge in [-0.15, -0.1) is 0 Å². The Hall–Kier alpha value is -2.92. The molecule has 0 bridgehead atoms. The SMILES string of the molecule is COc1cc(-c2c[nH]cc2C(=O)c2ccccc2Cl)cc(OC)c1OC. The first-order valence-corrected chi connectivity index (χ1v) is 8.24. The van der Waals surface area contributed by atoms with Gasteiger partial charge in [-0.25, -0.2) is 0 Å². The molecule has 0 saturated heterocycles. The molecule has 0 aliphatic heterocycles. The number of H-pyrrole nitrogens is 1. The van der Waals surface area contributed by atoms with Crippen molar-refractivity contribution in [3.05, 3.63) is 64.9 Å². The molecule has 1 N–H and O–H groups in total. The van der Waals surface area contributed by atoms with E-state index in [4.69, 9.17) is 25.8 Å². The maximum Gasteiger partial charge on any atom is 0.203 e. The zero-order chi connectivity index (χ0) is 18.7. The van der Waals surface area contributed by atoms with Crippen molar-refractivity contribution in [3.8, 4) is 28.4 Å². The van der Waals surface area contributed by atoms with Crippen LogP contribution in [0.5, 0.6) is 17.2 Å². The van der Waals surface area contributed by atoms with Gasteiger partial charge in [-0.1, -0.05) is 23.7 Å². The monoisotopic (exact) mass is 371 g/mol. The van der Waals surface area contributed by atoms with Crippen LogP contribution in [0.4, 0.5) is 0 Å². The number of carbonyl (C=O) groups excluding carboxylic acids is 1. The fourth-order valence-electron chi connectivity index (χ4n) is 2.82. The van der Waals surface area contributed by atoms with Crippen LogP contribution in [0, 0.1) is 0 Å². The molecule has 134 valence electrons. The Labute approximate surface area is 156 Å². The van der Waals surface area contributed by atoms with E-state index in [-0.39, 0.29) is 5.78 Å². The van der Waals surface area contributed by atoms with Crippen molar-refractivity contribution >= 4 is 17.4 Å². The fraction of sp³-hybridized carbons (Fsp3) is 0.150. The number of carbonyl (C=O) groups is 1. The minimum Gasteiger partial charge on any atom is -0.493 e. The quantitative estimate of drug-likeness (QED) is 0.644. The molecule has 3 aromatic rings. The number of methoxy groups -OCH3 is 3. The van der Waals surface area contributed by atoms with Crippen LogP contribution >= 0.6 is 11.6 Å². The van der Waals surface area contributed by atoms with Crippen LogP contribution in [-0.2, 0) is 0 Å². The largest absolute Gasteiger partial charge is 0.493 e. The normalized spacial score (nSPS) is 10.5. The number of benzene rings is 2. The summed E-state index contributed by atoms with van der Waals surface area (Å²) in [5.74, 6) is 1.35. The average Bonchev–Trinajstić information content (AvgIpc) is 3.16. The number of nitrogens with one attached hydrogen (secondary N) is 1. The van der Waals surface area contributed by atoms with E-state index in [1.54, 1.807) is 70.1 Å². The van der Waals surface area contributed by atoms with Crippen LogP contribution in [0.3, 0.4) is 0 Å². The molecule has 0 atom stereocenters. The van der Waals surface area contributed by atoms with Crippen molar-refractivity contribution in [1.29, 1.82) is 0 Å². The van der Waals surface area contributed by atoms with Crippen LogP contribution in [0.2, 0.25) is 5.02 Å². The lowest BCUT2D eigenvalue weighted by molar-refractivity contribution is 0.103. The van der Waals surface area contributed by atoms with Gasteiger partial charge >= 0.3 is 0 Å². The number of hydrogen-bond donors (Lipinski definition) is 1. The molecular weight excluding hydrogens is 354 g/mol. The lowest BCUT2D eigenvalue weighted by Crippen LogP contribution is -2.03. The van der Waals surface area contributed by atoms with Crippen molar-refractivity contribution in [2.45, 2.75) is 0 Å². The van der Waals surface area contributed by atoms with Gasteiger partial charge < -0.3 is 19.2 Å². The lowest BCUT2D eigenvalue weighted by Gasteiger charge is -2.14. The highest BCUT2D eigenvalue weighted by Gasteiger charge is 2.21. The molecule has 0 spiro atoms. The van der Waals surface area contributed by atoms with Crippen molar-refractivity contribution in [3.63, 3.8) is 0 Å². The zero-order valence-electron chi connectivity index (χ0n) is 14.6. The van der Waals surface area contributed by atoms with Crippen LogP contribution < -0.4 is 14.2 Å². The smallest absolute Gasteiger partial charge is 0.203 e. The van der Waals surface area contributed by atoms with E-state index in [1.165, 1.54) is 0 Å². The number of hydrogen-bond acceptors (Lipinski definition) is 4. The summed E-state index contributed by atoms with van der Waals surface area (Å²) in [6, 6.07) is 10.6. The maximum absolute atomic E-state index is 13.0. The fourth-order valence-corrected chi connectivity index (χ4v) is 3.04. The predicted molar refractivity (Wildman–Crippen MR) is 101 cm³/mol. The second-order valence-corrected chi connectivity index (χ2v) is 5.91. The van der Waals surface area contributed by atoms with Gasteiger partial charge in [-0.05, 0) is 29.8 Å². The first-order valence-electron chi connectivity index (χ1n) is 7.87. The molecule has 6 heteroatoms. The first kappa shape index (κ1) is 17.9. The van der Waals surface area contributed by atoms with Gasteiger partial charge in [0.15, 0.2) is 17.3 Å². The summed E-state index contributed by atoms with van der Waals surface area (Å²) in [5, 5.41) is 0.412. The molecule has 0 saturated carbocycles. The minimum absolute atomic E-state index is 0.166. The Bertz CT molecular complexity index is 923. The van der Waals surface area contributed by atoms with E-state index in [1.807, 2.05) is 0 Å². The second-order valence-electron chi connectivity index (χ2n) is 5.51. The van der Waals surface area contributed by atoms with Gasteiger partial charge in [-0.3, -0.25) is 4.79 Å². The van der Waals surface area contributed by atoms with E-state index in [0.29, 0.717) is 39.0 Å². The highest BCUT2D eigenvalue weighted by atomic mass is 35.5. The summed E-state index contributed by atoms with van der Waals surface area (Å²) in [4.78, 5) is 16.0. The third-order valence-electron chi connectivity index (χ3n) is 4.08. The maximum atomic E-state index is 13.0. The number of ketones is 1. The molecule has 1 heterocycles. The Morgan fingerprint density at radius 3 is 2.15 bits per heavy atom. The summed E-state index contributed by atoms with van der Waals surface area (Å²) in [5.41, 5.74) is 2.43. The van der Waals surface area contributed by atoms with Crippen LogP contribution in [-0.4, -0.2) is 32.1 Å². The molecule has 0 aliphatic rings. The molecule has 3 rings (SSSR count). The van der Waals surface area contributed by atoms with Gasteiger partial charge in [0.2, 0.25) is 5.75 Å². The molecule has 0 fully saturated rings. The third kappa shape index (κ3) is 3.13. The van der Waals surface area contributed by atoms with Crippen molar-refractivity contribution in [2.24, 2.45) is 0 Å². The Kier molecular flexibility index (Phi) is 5.19. The number of ether oxygens (including phenoxy) is 3. The van der Waals surface area contributed by atoms with Crippen molar-refractivity contribution < 1.29 is 19.0 Å². The summed E-state index contributed by atoms with van der Waals surface area (Å²) in [6.07, 6.45) is 3.41. The molecule has 2 aromatic carbocycles. The minimum atomic E-state index is -0.166. The summed E-state index contributed by atoms with van der Waals surface area (Å²) in [6.45, 7) is 0. The van der Waals surface area contributed by atoms with Crippen molar-refractivity contribution in [1.82, 2.24) is 4.98 Å². The lowest BCUT2D eigenvalue weighted by atomic mass is 9.97.